The van der Waals surface area contributed by atoms with E-state index in [1.54, 1.807) is 0 Å². The van der Waals surface area contributed by atoms with Crippen LogP contribution < -0.4 is 5.32 Å². The van der Waals surface area contributed by atoms with Gasteiger partial charge in [0.1, 0.15) is 24.4 Å². The van der Waals surface area contributed by atoms with Crippen LogP contribution in [-0.2, 0) is 14.3 Å². The molecule has 1 aliphatic rings. The molecule has 6 N–H and O–H groups in total. The predicted octanol–water partition coefficient (Wildman–Crippen LogP) is 17.0. The molecule has 0 aromatic carbocycles. The minimum absolute atomic E-state index is 0.146. The van der Waals surface area contributed by atoms with Crippen molar-refractivity contribution in [3.8, 4) is 0 Å². The van der Waals surface area contributed by atoms with E-state index in [1.807, 2.05) is 0 Å². The fourth-order valence-electron chi connectivity index (χ4n) is 9.97. The van der Waals surface area contributed by atoms with Gasteiger partial charge in [0.25, 0.3) is 0 Å². The van der Waals surface area contributed by atoms with Gasteiger partial charge in [-0.2, -0.15) is 0 Å². The van der Waals surface area contributed by atoms with Crippen LogP contribution in [0.15, 0.2) is 85.1 Å². The third-order valence-electron chi connectivity index (χ3n) is 15.0. The van der Waals surface area contributed by atoms with Gasteiger partial charge in [0.15, 0.2) is 6.29 Å². The number of carbonyl (C=O) groups excluding carboxylic acids is 1. The number of carbonyl (C=O) groups is 1. The summed E-state index contributed by atoms with van der Waals surface area (Å²) in [4.78, 5) is 13.1. The average molecular weight is 1080 g/mol. The zero-order valence-corrected chi connectivity index (χ0v) is 49.7. The molecular weight excluding hydrogens is 959 g/mol. The molecule has 0 bridgehead atoms. The predicted molar refractivity (Wildman–Crippen MR) is 327 cm³/mol. The number of amides is 1. The van der Waals surface area contributed by atoms with Gasteiger partial charge in [0.05, 0.1) is 25.4 Å². The molecule has 0 aromatic rings. The lowest BCUT2D eigenvalue weighted by molar-refractivity contribution is -0.302. The van der Waals surface area contributed by atoms with Crippen LogP contribution in [0.1, 0.15) is 284 Å². The number of hydrogen-bond acceptors (Lipinski definition) is 8. The molecule has 1 rings (SSSR count). The molecule has 1 amide bonds. The van der Waals surface area contributed by atoms with Crippen LogP contribution in [0, 0.1) is 0 Å². The molecule has 0 radical (unpaired) electrons. The van der Waals surface area contributed by atoms with Gasteiger partial charge < -0.3 is 40.3 Å². The van der Waals surface area contributed by atoms with Crippen molar-refractivity contribution >= 4 is 5.91 Å². The molecule has 1 saturated heterocycles. The van der Waals surface area contributed by atoms with Gasteiger partial charge in [-0.25, -0.2) is 0 Å². The van der Waals surface area contributed by atoms with Crippen LogP contribution >= 0.6 is 0 Å². The van der Waals surface area contributed by atoms with E-state index >= 15 is 0 Å². The summed E-state index contributed by atoms with van der Waals surface area (Å²) in [6.07, 6.45) is 73.3. The van der Waals surface area contributed by atoms with Crippen LogP contribution in [0.4, 0.5) is 0 Å². The first-order chi connectivity index (χ1) is 37.8. The van der Waals surface area contributed by atoms with Crippen molar-refractivity contribution in [2.45, 2.75) is 326 Å². The third-order valence-corrected chi connectivity index (χ3v) is 15.0. The molecule has 1 aliphatic heterocycles. The average Bonchev–Trinajstić information content (AvgIpc) is 3.43. The Hall–Kier alpha value is -2.63. The number of nitrogens with one attached hydrogen (secondary N) is 1. The summed E-state index contributed by atoms with van der Waals surface area (Å²) >= 11 is 0. The van der Waals surface area contributed by atoms with Gasteiger partial charge in [-0.05, 0) is 70.6 Å². The molecule has 0 spiro atoms. The Morgan fingerprint density at radius 2 is 0.805 bits per heavy atom. The number of rotatable bonds is 55. The third kappa shape index (κ3) is 45.8. The van der Waals surface area contributed by atoms with Crippen molar-refractivity contribution in [2.24, 2.45) is 0 Å². The summed E-state index contributed by atoms with van der Waals surface area (Å²) in [5, 5.41) is 54.9. The fraction of sp³-hybridized carbons (Fsp3) is 0.779. The lowest BCUT2D eigenvalue weighted by Crippen LogP contribution is -2.60. The first-order valence-electron chi connectivity index (χ1n) is 32.3. The quantitative estimate of drug-likeness (QED) is 0.0261. The second-order valence-electron chi connectivity index (χ2n) is 22.2. The van der Waals surface area contributed by atoms with Gasteiger partial charge in [0, 0.05) is 6.42 Å². The van der Waals surface area contributed by atoms with E-state index in [0.29, 0.717) is 12.8 Å². The second-order valence-corrected chi connectivity index (χ2v) is 22.2. The van der Waals surface area contributed by atoms with Crippen molar-refractivity contribution in [2.75, 3.05) is 13.2 Å². The number of hydrogen-bond donors (Lipinski definition) is 6. The van der Waals surface area contributed by atoms with E-state index in [9.17, 15) is 30.3 Å². The largest absolute Gasteiger partial charge is 0.394 e. The maximum Gasteiger partial charge on any atom is 0.220 e. The molecular formula is C68H121NO8. The van der Waals surface area contributed by atoms with Crippen molar-refractivity contribution in [1.29, 1.82) is 0 Å². The monoisotopic (exact) mass is 1080 g/mol. The Morgan fingerprint density at radius 3 is 1.19 bits per heavy atom. The summed E-state index contributed by atoms with van der Waals surface area (Å²) in [5.74, 6) is -0.155. The smallest absolute Gasteiger partial charge is 0.220 e. The molecule has 1 heterocycles. The SMILES string of the molecule is CC/C=C\C/C=C\C/C=C\C/C=C\C/C=C\C/C=C\C/C=C\CCCCCCCCCC(=O)NC(COC1OC(CO)C(O)C(O)C1O)C(O)CCCCCCCCCCCCCCCCCCCCCCCCCCC. The molecule has 1 fully saturated rings. The van der Waals surface area contributed by atoms with Crippen molar-refractivity contribution < 1.29 is 39.8 Å². The van der Waals surface area contributed by atoms with Crippen LogP contribution in [0.25, 0.3) is 0 Å². The van der Waals surface area contributed by atoms with Crippen molar-refractivity contribution in [3.05, 3.63) is 85.1 Å². The Balaban J connectivity index is 2.19. The number of unbranched alkanes of at least 4 members (excludes halogenated alkanes) is 31. The summed E-state index contributed by atoms with van der Waals surface area (Å²) < 4.78 is 11.3. The Kier molecular flexibility index (Phi) is 53.2. The zero-order valence-electron chi connectivity index (χ0n) is 49.7. The van der Waals surface area contributed by atoms with Gasteiger partial charge in [-0.3, -0.25) is 4.79 Å². The lowest BCUT2D eigenvalue weighted by Gasteiger charge is -2.40. The molecule has 7 atom stereocenters. The van der Waals surface area contributed by atoms with Gasteiger partial charge in [-0.1, -0.05) is 292 Å². The highest BCUT2D eigenvalue weighted by molar-refractivity contribution is 5.76. The molecule has 7 unspecified atom stereocenters. The minimum atomic E-state index is -1.56. The van der Waals surface area contributed by atoms with Crippen molar-refractivity contribution in [1.82, 2.24) is 5.32 Å². The van der Waals surface area contributed by atoms with Gasteiger partial charge in [0.2, 0.25) is 5.91 Å². The standard InChI is InChI=1S/C68H121NO8/c1-3-5-7-9-11-13-15-17-19-21-23-25-27-29-30-31-32-34-36-38-40-42-44-46-48-50-52-54-56-58-64(72)69-61(60-76-68-67(75)66(74)65(73)63(59-70)77-68)62(71)57-55-53-51-49-47-45-43-41-39-37-35-33-28-26-24-22-20-18-16-14-12-10-8-6-4-2/h5,7,11,13,17,19,23,25,29-30,32,34,38,40,61-63,65-68,70-71,73-75H,3-4,6,8-10,12,14-16,18,20-22,24,26-28,31,33,35-37,39,41-60H2,1-2H3,(H,69,72)/b7-5-,13-11-,19-17-,25-23-,30-29-,34-32-,40-38-. The number of aliphatic hydroxyl groups is 5. The van der Waals surface area contributed by atoms with Crippen LogP contribution in [-0.4, -0.2) is 87.5 Å². The topological polar surface area (TPSA) is 149 Å². The highest BCUT2D eigenvalue weighted by atomic mass is 16.7. The van der Waals surface area contributed by atoms with E-state index in [2.05, 4.69) is 104 Å². The van der Waals surface area contributed by atoms with E-state index in [1.165, 1.54) is 161 Å². The second kappa shape index (κ2) is 56.6. The number of ether oxygens (including phenoxy) is 2. The molecule has 9 heteroatoms. The Morgan fingerprint density at radius 1 is 0.455 bits per heavy atom. The Bertz CT molecular complexity index is 1490. The van der Waals surface area contributed by atoms with Crippen LogP contribution in [0.3, 0.4) is 0 Å². The number of aliphatic hydroxyl groups excluding tert-OH is 5. The maximum absolute atomic E-state index is 13.1. The molecule has 0 aromatic heterocycles. The maximum atomic E-state index is 13.1. The Labute approximate surface area is 473 Å². The minimum Gasteiger partial charge on any atom is -0.394 e. The lowest BCUT2D eigenvalue weighted by atomic mass is 9.99. The van der Waals surface area contributed by atoms with Crippen LogP contribution in [0.2, 0.25) is 0 Å². The van der Waals surface area contributed by atoms with E-state index in [4.69, 9.17) is 9.47 Å². The van der Waals surface area contributed by atoms with Crippen LogP contribution in [0.5, 0.6) is 0 Å². The summed E-state index contributed by atoms with van der Waals surface area (Å²) in [7, 11) is 0. The van der Waals surface area contributed by atoms with E-state index in [0.717, 1.165) is 96.3 Å². The molecule has 446 valence electrons. The van der Waals surface area contributed by atoms with E-state index in [-0.39, 0.29) is 12.5 Å². The molecule has 0 aliphatic carbocycles. The molecule has 0 saturated carbocycles. The van der Waals surface area contributed by atoms with Crippen molar-refractivity contribution in [3.63, 3.8) is 0 Å². The first-order valence-corrected chi connectivity index (χ1v) is 32.3. The fourth-order valence-corrected chi connectivity index (χ4v) is 9.97. The van der Waals surface area contributed by atoms with Gasteiger partial charge in [-0.15, -0.1) is 0 Å². The summed E-state index contributed by atoms with van der Waals surface area (Å²) in [6, 6.07) is -0.732. The first kappa shape index (κ1) is 72.4. The summed E-state index contributed by atoms with van der Waals surface area (Å²) in [6.45, 7) is 3.74. The highest BCUT2D eigenvalue weighted by Gasteiger charge is 2.44. The molecule has 77 heavy (non-hydrogen) atoms. The normalized spacial score (nSPS) is 19.3. The summed E-state index contributed by atoms with van der Waals surface area (Å²) in [5.41, 5.74) is 0. The zero-order chi connectivity index (χ0) is 55.8. The van der Waals surface area contributed by atoms with Gasteiger partial charge >= 0.3 is 0 Å². The number of allylic oxidation sites excluding steroid dienone is 14. The van der Waals surface area contributed by atoms with E-state index < -0.39 is 49.5 Å². The molecule has 9 nitrogen and oxygen atoms in total. The highest BCUT2D eigenvalue weighted by Crippen LogP contribution is 2.23.